The quantitative estimate of drug-likeness (QED) is 0.567. The lowest BCUT2D eigenvalue weighted by Gasteiger charge is -2.30. The number of hydrogen-bond acceptors (Lipinski definition) is 1. The molecule has 1 aromatic carbocycles. The molecule has 1 saturated carbocycles. The van der Waals surface area contributed by atoms with Crippen LogP contribution in [0.5, 0.6) is 0 Å². The Morgan fingerprint density at radius 1 is 1.22 bits per heavy atom. The Labute approximate surface area is 114 Å². The Hall–Kier alpha value is -0.760. The van der Waals surface area contributed by atoms with Crippen molar-refractivity contribution in [2.24, 2.45) is 0 Å². The van der Waals surface area contributed by atoms with Gasteiger partial charge in [-0.15, -0.1) is 11.6 Å². The normalized spacial score (nSPS) is 17.5. The van der Waals surface area contributed by atoms with Gasteiger partial charge in [-0.3, -0.25) is 0 Å². The second kappa shape index (κ2) is 6.42. The van der Waals surface area contributed by atoms with Crippen LogP contribution in [0.3, 0.4) is 0 Å². The predicted octanol–water partition coefficient (Wildman–Crippen LogP) is 4.72. The predicted molar refractivity (Wildman–Crippen MR) is 75.9 cm³/mol. The summed E-state index contributed by atoms with van der Waals surface area (Å²) in [5.41, 5.74) is 1.97. The summed E-state index contributed by atoms with van der Waals surface area (Å²) in [5, 5.41) is 0. The molecule has 0 unspecified atom stereocenters. The van der Waals surface area contributed by atoms with E-state index in [0.29, 0.717) is 11.9 Å². The Balaban J connectivity index is 2.18. The highest BCUT2D eigenvalue weighted by molar-refractivity contribution is 6.17. The van der Waals surface area contributed by atoms with Crippen LogP contribution in [0.1, 0.15) is 44.1 Å². The highest BCUT2D eigenvalue weighted by Crippen LogP contribution is 2.29. The van der Waals surface area contributed by atoms with Crippen LogP contribution in [0.2, 0.25) is 0 Å². The van der Waals surface area contributed by atoms with Gasteiger partial charge < -0.3 is 4.90 Å². The molecule has 1 nitrogen and oxygen atoms in total. The molecule has 0 aliphatic heterocycles. The number of alkyl halides is 1. The zero-order valence-electron chi connectivity index (χ0n) is 11.0. The Bertz CT molecular complexity index is 386. The highest BCUT2D eigenvalue weighted by Gasteiger charge is 2.19. The lowest BCUT2D eigenvalue weighted by molar-refractivity contribution is 0.551. The molecule has 0 radical (unpaired) electrons. The van der Waals surface area contributed by atoms with Gasteiger partial charge in [0.25, 0.3) is 0 Å². The molecule has 0 saturated heterocycles. The molecule has 1 aliphatic carbocycles. The molecule has 0 amide bonds. The number of rotatable bonds is 3. The average molecular weight is 270 g/mol. The van der Waals surface area contributed by atoms with E-state index in [-0.39, 0.29) is 5.82 Å². The van der Waals surface area contributed by atoms with Crippen LogP contribution in [0.4, 0.5) is 10.1 Å². The third-order valence-corrected chi connectivity index (χ3v) is 4.23. The Kier molecular flexibility index (Phi) is 4.87. The van der Waals surface area contributed by atoms with E-state index in [2.05, 4.69) is 11.9 Å². The first-order chi connectivity index (χ1) is 8.72. The summed E-state index contributed by atoms with van der Waals surface area (Å²) in [4.78, 5) is 2.29. The molecule has 0 heterocycles. The molecule has 1 aliphatic rings. The molecular formula is C15H21ClFN. The molecule has 0 N–H and O–H groups in total. The van der Waals surface area contributed by atoms with Gasteiger partial charge in [0.15, 0.2) is 0 Å². The molecule has 0 atom stereocenters. The number of halogens is 2. The van der Waals surface area contributed by atoms with Gasteiger partial charge in [-0.1, -0.05) is 25.7 Å². The number of hydrogen-bond donors (Lipinski definition) is 0. The van der Waals surface area contributed by atoms with Gasteiger partial charge in [-0.2, -0.15) is 0 Å². The highest BCUT2D eigenvalue weighted by atomic mass is 35.5. The van der Waals surface area contributed by atoms with Crippen molar-refractivity contribution in [2.75, 3.05) is 11.9 Å². The minimum atomic E-state index is -0.205. The van der Waals surface area contributed by atoms with Gasteiger partial charge in [0.05, 0.1) is 0 Å². The Morgan fingerprint density at radius 2 is 1.89 bits per heavy atom. The summed E-state index contributed by atoms with van der Waals surface area (Å²) >= 11 is 5.93. The van der Waals surface area contributed by atoms with Gasteiger partial charge in [-0.05, 0) is 36.6 Å². The topological polar surface area (TPSA) is 3.24 Å². The first kappa shape index (κ1) is 13.7. The van der Waals surface area contributed by atoms with Crippen molar-refractivity contribution in [3.8, 4) is 0 Å². The van der Waals surface area contributed by atoms with E-state index in [0.717, 1.165) is 11.3 Å². The van der Waals surface area contributed by atoms with E-state index in [4.69, 9.17) is 11.6 Å². The first-order valence-electron chi connectivity index (χ1n) is 6.79. The monoisotopic (exact) mass is 269 g/mol. The molecule has 3 heteroatoms. The zero-order valence-corrected chi connectivity index (χ0v) is 11.7. The molecule has 0 spiro atoms. The molecule has 18 heavy (non-hydrogen) atoms. The number of anilines is 1. The van der Waals surface area contributed by atoms with E-state index in [9.17, 15) is 4.39 Å². The Morgan fingerprint density at radius 3 is 2.50 bits per heavy atom. The standard InChI is InChI=1S/C15H21ClFN/c1-18(14-6-4-2-3-5-7-14)15-9-8-13(17)10-12(15)11-16/h8-10,14H,2-7,11H2,1H3. The molecular weight excluding hydrogens is 249 g/mol. The summed E-state index contributed by atoms with van der Waals surface area (Å²) in [7, 11) is 2.11. The molecule has 0 bridgehead atoms. The second-order valence-electron chi connectivity index (χ2n) is 5.16. The van der Waals surface area contributed by atoms with Crippen LogP contribution >= 0.6 is 11.6 Å². The summed E-state index contributed by atoms with van der Waals surface area (Å²) < 4.78 is 13.2. The van der Waals surface area contributed by atoms with E-state index in [1.165, 1.54) is 44.6 Å². The van der Waals surface area contributed by atoms with Gasteiger partial charge in [0.1, 0.15) is 5.82 Å². The summed E-state index contributed by atoms with van der Waals surface area (Å²) in [5.74, 6) is 0.160. The zero-order chi connectivity index (χ0) is 13.0. The van der Waals surface area contributed by atoms with Crippen LogP contribution in [0, 0.1) is 5.82 Å². The van der Waals surface area contributed by atoms with Gasteiger partial charge >= 0.3 is 0 Å². The lowest BCUT2D eigenvalue weighted by atomic mass is 10.1. The molecule has 0 aromatic heterocycles. The first-order valence-corrected chi connectivity index (χ1v) is 7.33. The van der Waals surface area contributed by atoms with E-state index in [1.807, 2.05) is 6.07 Å². The second-order valence-corrected chi connectivity index (χ2v) is 5.43. The van der Waals surface area contributed by atoms with Crippen LogP contribution < -0.4 is 4.90 Å². The van der Waals surface area contributed by atoms with Crippen molar-refractivity contribution < 1.29 is 4.39 Å². The van der Waals surface area contributed by atoms with Gasteiger partial charge in [0, 0.05) is 24.7 Å². The lowest BCUT2D eigenvalue weighted by Crippen LogP contribution is -2.31. The minimum Gasteiger partial charge on any atom is -0.371 e. The number of nitrogens with zero attached hydrogens (tertiary/aromatic N) is 1. The summed E-state index contributed by atoms with van der Waals surface area (Å²) in [6.07, 6.45) is 7.75. The maximum atomic E-state index is 13.2. The third-order valence-electron chi connectivity index (χ3n) is 3.94. The molecule has 100 valence electrons. The molecule has 1 aromatic rings. The van der Waals surface area contributed by atoms with Crippen molar-refractivity contribution in [3.05, 3.63) is 29.6 Å². The average Bonchev–Trinajstić information content (AvgIpc) is 2.66. The van der Waals surface area contributed by atoms with Crippen molar-refractivity contribution in [3.63, 3.8) is 0 Å². The van der Waals surface area contributed by atoms with Gasteiger partial charge in [-0.25, -0.2) is 4.39 Å². The maximum absolute atomic E-state index is 13.2. The number of benzene rings is 1. The van der Waals surface area contributed by atoms with Crippen LogP contribution in [0.15, 0.2) is 18.2 Å². The molecule has 1 fully saturated rings. The van der Waals surface area contributed by atoms with Crippen LogP contribution in [-0.4, -0.2) is 13.1 Å². The van der Waals surface area contributed by atoms with Gasteiger partial charge in [0.2, 0.25) is 0 Å². The fourth-order valence-electron chi connectivity index (χ4n) is 2.85. The fraction of sp³-hybridized carbons (Fsp3) is 0.600. The van der Waals surface area contributed by atoms with E-state index < -0.39 is 0 Å². The largest absolute Gasteiger partial charge is 0.371 e. The van der Waals surface area contributed by atoms with E-state index >= 15 is 0 Å². The summed E-state index contributed by atoms with van der Waals surface area (Å²) in [6, 6.07) is 5.51. The minimum absolute atomic E-state index is 0.205. The summed E-state index contributed by atoms with van der Waals surface area (Å²) in [6.45, 7) is 0. The SMILES string of the molecule is CN(c1ccc(F)cc1CCl)C1CCCCCC1. The van der Waals surface area contributed by atoms with Crippen molar-refractivity contribution >= 4 is 17.3 Å². The third kappa shape index (κ3) is 3.17. The van der Waals surface area contributed by atoms with Crippen LogP contribution in [-0.2, 0) is 5.88 Å². The molecule has 2 rings (SSSR count). The van der Waals surface area contributed by atoms with E-state index in [1.54, 1.807) is 6.07 Å². The van der Waals surface area contributed by atoms with Crippen molar-refractivity contribution in [1.29, 1.82) is 0 Å². The van der Waals surface area contributed by atoms with Crippen molar-refractivity contribution in [1.82, 2.24) is 0 Å². The smallest absolute Gasteiger partial charge is 0.123 e. The van der Waals surface area contributed by atoms with Crippen LogP contribution in [0.25, 0.3) is 0 Å². The fourth-order valence-corrected chi connectivity index (χ4v) is 3.06. The van der Waals surface area contributed by atoms with Crippen molar-refractivity contribution in [2.45, 2.75) is 50.4 Å². The maximum Gasteiger partial charge on any atom is 0.123 e.